The first kappa shape index (κ1) is 21.6. The van der Waals surface area contributed by atoms with E-state index >= 15 is 0 Å². The lowest BCUT2D eigenvalue weighted by Crippen LogP contribution is -2.36. The number of amidine groups is 1. The van der Waals surface area contributed by atoms with Crippen molar-refractivity contribution in [1.82, 2.24) is 0 Å². The highest BCUT2D eigenvalue weighted by Crippen LogP contribution is 2.37. The van der Waals surface area contributed by atoms with Crippen molar-refractivity contribution in [2.45, 2.75) is 18.2 Å². The summed E-state index contributed by atoms with van der Waals surface area (Å²) in [6.45, 7) is 1.60. The van der Waals surface area contributed by atoms with E-state index in [1.807, 2.05) is 12.1 Å². The van der Waals surface area contributed by atoms with Crippen LogP contribution in [-0.4, -0.2) is 55.9 Å². The molecule has 2 aliphatic rings. The fourth-order valence-corrected chi connectivity index (χ4v) is 7.30. The van der Waals surface area contributed by atoms with Gasteiger partial charge in [-0.2, -0.15) is 0 Å². The van der Waals surface area contributed by atoms with E-state index in [0.717, 1.165) is 5.69 Å². The maximum absolute atomic E-state index is 13.8. The monoisotopic (exact) mass is 463 g/mol. The Balaban J connectivity index is 1.56. The van der Waals surface area contributed by atoms with Crippen molar-refractivity contribution in [3.63, 3.8) is 0 Å². The lowest BCUT2D eigenvalue weighted by atomic mass is 10.2. The second-order valence-electron chi connectivity index (χ2n) is 7.51. The topological polar surface area (TPSA) is 88.1 Å². The number of aryl methyl sites for hydroxylation is 1. The summed E-state index contributed by atoms with van der Waals surface area (Å²) in [5, 5.41) is 3.17. The lowest BCUT2D eigenvalue weighted by Gasteiger charge is -2.24. The average Bonchev–Trinajstić information content (AvgIpc) is 3.22. The molecule has 164 valence electrons. The maximum Gasteiger partial charge on any atom is 0.244 e. The molecule has 1 saturated heterocycles. The highest BCUT2D eigenvalue weighted by atomic mass is 32.2. The zero-order valence-corrected chi connectivity index (χ0v) is 18.7. The van der Waals surface area contributed by atoms with Crippen LogP contribution >= 0.6 is 11.8 Å². The number of carbonyl (C=O) groups excluding carboxylic acids is 1. The summed E-state index contributed by atoms with van der Waals surface area (Å²) >= 11 is 1.37. The van der Waals surface area contributed by atoms with E-state index < -0.39 is 15.7 Å². The van der Waals surface area contributed by atoms with E-state index in [1.54, 1.807) is 43.2 Å². The second-order valence-corrected chi connectivity index (χ2v) is 10.9. The zero-order chi connectivity index (χ0) is 22.2. The molecule has 31 heavy (non-hydrogen) atoms. The SMILES string of the molecule is COc1ccc(N(CC(=O)Nc2ccc(C)c(F)c2)C2=N[C@@H]3CS(=O)(=O)C[C@H]3S2)cc1. The molecule has 2 aromatic carbocycles. The molecule has 2 aliphatic heterocycles. The Kier molecular flexibility index (Phi) is 5.94. The standard InChI is InChI=1S/C21H22FN3O4S2/c1-13-3-4-14(9-17(13)22)23-20(26)10-25(15-5-7-16(29-2)8-6-15)21-24-18-11-31(27,28)12-19(18)30-21/h3-9,18-19H,10-12H2,1-2H3,(H,23,26)/t18-,19-/m1/s1. The zero-order valence-electron chi connectivity index (χ0n) is 17.0. The Morgan fingerprint density at radius 1 is 1.26 bits per heavy atom. The third kappa shape index (κ3) is 4.85. The number of hydrogen-bond donors (Lipinski definition) is 1. The number of sulfone groups is 1. The van der Waals surface area contributed by atoms with Crippen LogP contribution in [0.5, 0.6) is 5.75 Å². The number of rotatable bonds is 5. The van der Waals surface area contributed by atoms with Crippen LogP contribution in [0.25, 0.3) is 0 Å². The molecule has 7 nitrogen and oxygen atoms in total. The fraction of sp³-hybridized carbons (Fsp3) is 0.333. The molecule has 0 aromatic heterocycles. The van der Waals surface area contributed by atoms with Crippen LogP contribution in [0.15, 0.2) is 47.5 Å². The van der Waals surface area contributed by atoms with E-state index in [0.29, 0.717) is 22.2 Å². The highest BCUT2D eigenvalue weighted by molar-refractivity contribution is 8.15. The van der Waals surface area contributed by atoms with Crippen molar-refractivity contribution in [1.29, 1.82) is 0 Å². The summed E-state index contributed by atoms with van der Waals surface area (Å²) in [6, 6.07) is 11.4. The summed E-state index contributed by atoms with van der Waals surface area (Å²) in [5.74, 6) is 0.0500. The van der Waals surface area contributed by atoms with Crippen LogP contribution in [0.1, 0.15) is 5.56 Å². The summed E-state index contributed by atoms with van der Waals surface area (Å²) in [5.41, 5.74) is 1.59. The van der Waals surface area contributed by atoms with Crippen LogP contribution in [-0.2, 0) is 14.6 Å². The van der Waals surface area contributed by atoms with Crippen LogP contribution < -0.4 is 15.0 Å². The summed E-state index contributed by atoms with van der Waals surface area (Å²) in [7, 11) is -1.51. The molecule has 2 aromatic rings. The van der Waals surface area contributed by atoms with Gasteiger partial charge in [-0.3, -0.25) is 9.79 Å². The van der Waals surface area contributed by atoms with Gasteiger partial charge in [-0.25, -0.2) is 12.8 Å². The summed E-state index contributed by atoms with van der Waals surface area (Å²) < 4.78 is 42.8. The van der Waals surface area contributed by atoms with Gasteiger partial charge in [0.1, 0.15) is 18.1 Å². The number of amides is 1. The predicted octanol–water partition coefficient (Wildman–Crippen LogP) is 2.86. The largest absolute Gasteiger partial charge is 0.497 e. The molecule has 0 spiro atoms. The number of anilines is 2. The third-order valence-corrected chi connectivity index (χ3v) is 8.42. The molecule has 10 heteroatoms. The quantitative estimate of drug-likeness (QED) is 0.734. The van der Waals surface area contributed by atoms with E-state index in [9.17, 15) is 17.6 Å². The third-order valence-electron chi connectivity index (χ3n) is 5.18. The molecule has 1 fully saturated rings. The Morgan fingerprint density at radius 2 is 2.00 bits per heavy atom. The lowest BCUT2D eigenvalue weighted by molar-refractivity contribution is -0.114. The number of ether oxygens (including phenoxy) is 1. The smallest absolute Gasteiger partial charge is 0.244 e. The first-order valence-corrected chi connectivity index (χ1v) is 12.4. The molecular formula is C21H22FN3O4S2. The summed E-state index contributed by atoms with van der Waals surface area (Å²) in [4.78, 5) is 19.1. The van der Waals surface area contributed by atoms with Crippen molar-refractivity contribution in [3.8, 4) is 5.75 Å². The van der Waals surface area contributed by atoms with Crippen molar-refractivity contribution >= 4 is 44.0 Å². The van der Waals surface area contributed by atoms with Crippen molar-refractivity contribution < 1.29 is 22.3 Å². The number of halogens is 1. The Morgan fingerprint density at radius 3 is 2.65 bits per heavy atom. The number of fused-ring (bicyclic) bond motifs is 1. The highest BCUT2D eigenvalue weighted by Gasteiger charge is 2.44. The van der Waals surface area contributed by atoms with Gasteiger partial charge in [-0.15, -0.1) is 0 Å². The number of nitrogens with one attached hydrogen (secondary N) is 1. The molecular weight excluding hydrogens is 441 g/mol. The van der Waals surface area contributed by atoms with Gasteiger partial charge in [0.15, 0.2) is 15.0 Å². The number of aliphatic imine (C=N–C) groups is 1. The van der Waals surface area contributed by atoms with Crippen molar-refractivity contribution in [3.05, 3.63) is 53.8 Å². The van der Waals surface area contributed by atoms with Gasteiger partial charge in [0, 0.05) is 16.6 Å². The van der Waals surface area contributed by atoms with Gasteiger partial charge >= 0.3 is 0 Å². The molecule has 0 bridgehead atoms. The van der Waals surface area contributed by atoms with E-state index in [1.165, 1.54) is 17.8 Å². The molecule has 0 unspecified atom stereocenters. The second kappa shape index (κ2) is 8.51. The van der Waals surface area contributed by atoms with Gasteiger partial charge in [-0.05, 0) is 48.9 Å². The summed E-state index contributed by atoms with van der Waals surface area (Å²) in [6.07, 6.45) is 0. The van der Waals surface area contributed by atoms with Crippen LogP contribution in [0.4, 0.5) is 15.8 Å². The maximum atomic E-state index is 13.8. The molecule has 2 heterocycles. The fourth-order valence-electron chi connectivity index (χ4n) is 3.52. The number of nitrogens with zero attached hydrogens (tertiary/aromatic N) is 2. The van der Waals surface area contributed by atoms with Gasteiger partial charge in [0.05, 0.1) is 24.7 Å². The minimum absolute atomic E-state index is 0.0272. The molecule has 4 rings (SSSR count). The van der Waals surface area contributed by atoms with E-state index in [4.69, 9.17) is 4.74 Å². The van der Waals surface area contributed by atoms with Gasteiger partial charge in [0.25, 0.3) is 0 Å². The number of carbonyl (C=O) groups is 1. The molecule has 1 N–H and O–H groups in total. The predicted molar refractivity (Wildman–Crippen MR) is 121 cm³/mol. The minimum Gasteiger partial charge on any atom is -0.497 e. The number of thioether (sulfide) groups is 1. The number of benzene rings is 2. The Labute approximate surface area is 184 Å². The average molecular weight is 464 g/mol. The van der Waals surface area contributed by atoms with Crippen LogP contribution in [0.3, 0.4) is 0 Å². The minimum atomic E-state index is -3.08. The molecule has 1 amide bonds. The number of methoxy groups -OCH3 is 1. The van der Waals surface area contributed by atoms with Crippen molar-refractivity contribution in [2.75, 3.05) is 35.4 Å². The molecule has 0 aliphatic carbocycles. The van der Waals surface area contributed by atoms with Crippen molar-refractivity contribution in [2.24, 2.45) is 4.99 Å². The first-order chi connectivity index (χ1) is 14.7. The normalized spacial score (nSPS) is 21.3. The first-order valence-electron chi connectivity index (χ1n) is 9.66. The number of hydrogen-bond acceptors (Lipinski definition) is 7. The van der Waals surface area contributed by atoms with Gasteiger partial charge in [0.2, 0.25) is 5.91 Å². The van der Waals surface area contributed by atoms with Crippen LogP contribution in [0.2, 0.25) is 0 Å². The Bertz CT molecular complexity index is 1140. The van der Waals surface area contributed by atoms with Gasteiger partial charge in [-0.1, -0.05) is 17.8 Å². The Hall–Kier alpha value is -2.59. The molecule has 0 saturated carbocycles. The molecule has 2 atom stereocenters. The van der Waals surface area contributed by atoms with E-state index in [-0.39, 0.29) is 35.2 Å². The van der Waals surface area contributed by atoms with Crippen LogP contribution in [0, 0.1) is 12.7 Å². The molecule has 0 radical (unpaired) electrons. The van der Waals surface area contributed by atoms with Gasteiger partial charge < -0.3 is 15.0 Å². The van der Waals surface area contributed by atoms with E-state index in [2.05, 4.69) is 10.3 Å².